The second kappa shape index (κ2) is 4.92. The lowest BCUT2D eigenvalue weighted by molar-refractivity contribution is 0.414. The number of hydrogen-bond acceptors (Lipinski definition) is 5. The molecule has 78 valence electrons. The van der Waals surface area contributed by atoms with Gasteiger partial charge in [0.05, 0.1) is 17.7 Å². The maximum absolute atomic E-state index is 5.17. The molecule has 2 aromatic heterocycles. The van der Waals surface area contributed by atoms with Crippen LogP contribution in [0.2, 0.25) is 0 Å². The maximum Gasteiger partial charge on any atom is 0.122 e. The molecule has 0 saturated heterocycles. The average molecular weight is 255 g/mol. The molecular formula is C10H9NOS3. The minimum absolute atomic E-state index is 0.823. The molecule has 0 unspecified atom stereocenters. The third kappa shape index (κ3) is 2.30. The van der Waals surface area contributed by atoms with Crippen LogP contribution >= 0.6 is 33.8 Å². The summed E-state index contributed by atoms with van der Waals surface area (Å²) in [5.74, 6) is 0.823. The molecular weight excluding hydrogens is 246 g/mol. The fraction of sp³-hybridized carbons (Fsp3) is 0.100. The summed E-state index contributed by atoms with van der Waals surface area (Å²) in [6.07, 6.45) is 1.75. The van der Waals surface area contributed by atoms with Gasteiger partial charge in [0.1, 0.15) is 5.75 Å². The van der Waals surface area contributed by atoms with E-state index in [4.69, 9.17) is 4.74 Å². The molecule has 0 radical (unpaired) electrons. The molecule has 0 bridgehead atoms. The lowest BCUT2D eigenvalue weighted by atomic mass is 10.3. The summed E-state index contributed by atoms with van der Waals surface area (Å²) in [7, 11) is 3.09. The molecule has 2 heterocycles. The van der Waals surface area contributed by atoms with E-state index in [0.29, 0.717) is 0 Å². The van der Waals surface area contributed by atoms with E-state index in [1.165, 1.54) is 10.8 Å². The Balaban J connectivity index is 2.44. The maximum atomic E-state index is 5.17. The number of aromatic nitrogens is 1. The van der Waals surface area contributed by atoms with Crippen molar-refractivity contribution in [2.24, 2.45) is 0 Å². The highest BCUT2D eigenvalue weighted by Gasteiger charge is 2.08. The summed E-state index contributed by atoms with van der Waals surface area (Å²) in [4.78, 5) is 6.58. The van der Waals surface area contributed by atoms with Crippen molar-refractivity contribution in [3.8, 4) is 16.3 Å². The van der Waals surface area contributed by atoms with E-state index in [-0.39, 0.29) is 0 Å². The highest BCUT2D eigenvalue weighted by molar-refractivity contribution is 8.68. The number of thiophene rings is 1. The normalized spacial score (nSPS) is 10.3. The van der Waals surface area contributed by atoms with Gasteiger partial charge in [-0.2, -0.15) is 0 Å². The molecule has 0 atom stereocenters. The molecule has 0 fully saturated rings. The van der Waals surface area contributed by atoms with Gasteiger partial charge in [-0.05, 0) is 17.5 Å². The summed E-state index contributed by atoms with van der Waals surface area (Å²) in [5, 5.41) is 2.04. The molecule has 2 nitrogen and oxygen atoms in total. The van der Waals surface area contributed by atoms with Crippen molar-refractivity contribution in [1.82, 2.24) is 4.98 Å². The van der Waals surface area contributed by atoms with E-state index in [0.717, 1.165) is 21.2 Å². The lowest BCUT2D eigenvalue weighted by Crippen LogP contribution is -1.85. The van der Waals surface area contributed by atoms with Crippen molar-refractivity contribution in [3.05, 3.63) is 29.8 Å². The van der Waals surface area contributed by atoms with Crippen molar-refractivity contribution in [1.29, 1.82) is 0 Å². The SMILES string of the molecule is COc1ccnc(-c2sccc2SS)c1. The van der Waals surface area contributed by atoms with Crippen LogP contribution in [-0.2, 0) is 0 Å². The third-order valence-electron chi connectivity index (χ3n) is 1.93. The van der Waals surface area contributed by atoms with E-state index >= 15 is 0 Å². The Morgan fingerprint density at radius 1 is 1.47 bits per heavy atom. The van der Waals surface area contributed by atoms with Crippen LogP contribution in [0.1, 0.15) is 0 Å². The third-order valence-corrected chi connectivity index (χ3v) is 4.12. The molecule has 0 aliphatic carbocycles. The van der Waals surface area contributed by atoms with Crippen molar-refractivity contribution in [2.75, 3.05) is 7.11 Å². The zero-order valence-corrected chi connectivity index (χ0v) is 10.5. The van der Waals surface area contributed by atoms with Gasteiger partial charge < -0.3 is 4.74 Å². The quantitative estimate of drug-likeness (QED) is 0.667. The Morgan fingerprint density at radius 3 is 3.07 bits per heavy atom. The van der Waals surface area contributed by atoms with Crippen LogP contribution in [0.5, 0.6) is 5.75 Å². The molecule has 2 aromatic rings. The van der Waals surface area contributed by atoms with Gasteiger partial charge in [0.15, 0.2) is 0 Å². The van der Waals surface area contributed by atoms with Crippen LogP contribution < -0.4 is 4.74 Å². The first-order valence-electron chi connectivity index (χ1n) is 4.24. The predicted octanol–water partition coefficient (Wildman–Crippen LogP) is 3.76. The van der Waals surface area contributed by atoms with Crippen LogP contribution in [-0.4, -0.2) is 12.1 Å². The van der Waals surface area contributed by atoms with Crippen molar-refractivity contribution >= 4 is 33.8 Å². The summed E-state index contributed by atoms with van der Waals surface area (Å²) in [6, 6.07) is 5.81. The smallest absolute Gasteiger partial charge is 0.122 e. The number of thiol groups is 1. The minimum atomic E-state index is 0.823. The van der Waals surface area contributed by atoms with Crippen molar-refractivity contribution in [3.63, 3.8) is 0 Å². The summed E-state index contributed by atoms with van der Waals surface area (Å²) >= 11 is 5.87. The molecule has 15 heavy (non-hydrogen) atoms. The fourth-order valence-corrected chi connectivity index (χ4v) is 3.29. The standard InChI is InChI=1S/C10H9NOS3/c1-12-7-2-4-11-8(6-7)10-9(15-13)3-5-14-10/h2-6,13H,1H3. The zero-order chi connectivity index (χ0) is 10.7. The van der Waals surface area contributed by atoms with Crippen molar-refractivity contribution in [2.45, 2.75) is 4.90 Å². The summed E-state index contributed by atoms with van der Waals surface area (Å²) in [5.41, 5.74) is 0.931. The largest absolute Gasteiger partial charge is 0.497 e. The Kier molecular flexibility index (Phi) is 3.56. The molecule has 0 saturated carbocycles. The Morgan fingerprint density at radius 2 is 2.33 bits per heavy atom. The van der Waals surface area contributed by atoms with Gasteiger partial charge in [0.25, 0.3) is 0 Å². The topological polar surface area (TPSA) is 22.1 Å². The van der Waals surface area contributed by atoms with Gasteiger partial charge in [-0.1, -0.05) is 10.8 Å². The number of pyridine rings is 1. The molecule has 0 aliphatic heterocycles. The number of nitrogens with zero attached hydrogens (tertiary/aromatic N) is 1. The molecule has 0 spiro atoms. The summed E-state index contributed by atoms with van der Waals surface area (Å²) in [6.45, 7) is 0. The number of ether oxygens (including phenoxy) is 1. The molecule has 0 aromatic carbocycles. The molecule has 0 amide bonds. The molecule has 0 aliphatic rings. The van der Waals surface area contributed by atoms with Crippen LogP contribution in [0.25, 0.3) is 10.6 Å². The highest BCUT2D eigenvalue weighted by atomic mass is 33.1. The Bertz CT molecular complexity index is 455. The van der Waals surface area contributed by atoms with E-state index in [1.54, 1.807) is 24.6 Å². The number of hydrogen-bond donors (Lipinski definition) is 1. The van der Waals surface area contributed by atoms with Crippen molar-refractivity contribution < 1.29 is 4.74 Å². The van der Waals surface area contributed by atoms with E-state index in [2.05, 4.69) is 16.6 Å². The van der Waals surface area contributed by atoms with Gasteiger partial charge in [0.2, 0.25) is 0 Å². The van der Waals surface area contributed by atoms with Gasteiger partial charge in [-0.25, -0.2) is 0 Å². The Hall–Kier alpha value is -0.650. The zero-order valence-electron chi connectivity index (χ0n) is 8.01. The fourth-order valence-electron chi connectivity index (χ4n) is 1.22. The van der Waals surface area contributed by atoms with Gasteiger partial charge >= 0.3 is 0 Å². The van der Waals surface area contributed by atoms with E-state index < -0.39 is 0 Å². The number of methoxy groups -OCH3 is 1. The van der Waals surface area contributed by atoms with E-state index in [1.807, 2.05) is 23.6 Å². The lowest BCUT2D eigenvalue weighted by Gasteiger charge is -2.02. The first-order chi connectivity index (χ1) is 7.35. The Labute approximate surface area is 102 Å². The van der Waals surface area contributed by atoms with Gasteiger partial charge in [-0.3, -0.25) is 4.98 Å². The van der Waals surface area contributed by atoms with Crippen LogP contribution in [0.4, 0.5) is 0 Å². The molecule has 5 heteroatoms. The van der Waals surface area contributed by atoms with E-state index in [9.17, 15) is 0 Å². The van der Waals surface area contributed by atoms with Crippen LogP contribution in [0.3, 0.4) is 0 Å². The second-order valence-corrected chi connectivity index (χ2v) is 4.87. The highest BCUT2D eigenvalue weighted by Crippen LogP contribution is 2.37. The second-order valence-electron chi connectivity index (χ2n) is 2.79. The average Bonchev–Trinajstić information content (AvgIpc) is 2.77. The van der Waals surface area contributed by atoms with Gasteiger partial charge in [-0.15, -0.1) is 23.0 Å². The molecule has 0 N–H and O–H groups in total. The minimum Gasteiger partial charge on any atom is -0.497 e. The predicted molar refractivity (Wildman–Crippen MR) is 68.9 cm³/mol. The van der Waals surface area contributed by atoms with Crippen LogP contribution in [0.15, 0.2) is 34.7 Å². The monoisotopic (exact) mass is 255 g/mol. The van der Waals surface area contributed by atoms with Crippen LogP contribution in [0, 0.1) is 0 Å². The molecule has 2 rings (SSSR count). The van der Waals surface area contributed by atoms with Gasteiger partial charge in [0, 0.05) is 17.2 Å². The summed E-state index contributed by atoms with van der Waals surface area (Å²) < 4.78 is 5.17. The first-order valence-corrected chi connectivity index (χ1v) is 6.99. The number of rotatable bonds is 3. The first kappa shape index (κ1) is 10.9.